The average Bonchev–Trinajstić information content (AvgIpc) is 2.78. The molecule has 9 nitrogen and oxygen atoms in total. The maximum absolute atomic E-state index is 10.4. The van der Waals surface area contributed by atoms with Crippen molar-refractivity contribution in [3.8, 4) is 0 Å². The Balaban J connectivity index is 0. The van der Waals surface area contributed by atoms with E-state index in [4.69, 9.17) is 16.2 Å². The van der Waals surface area contributed by atoms with Gasteiger partial charge in [0.1, 0.15) is 0 Å². The molecule has 0 unspecified atom stereocenters. The fourth-order valence-electron chi connectivity index (χ4n) is 1.09. The zero-order valence-electron chi connectivity index (χ0n) is 11.9. The maximum Gasteiger partial charge on any atom is 0.535 e. The maximum atomic E-state index is 10.4. The summed E-state index contributed by atoms with van der Waals surface area (Å²) in [4.78, 5) is 31.6. The van der Waals surface area contributed by atoms with Crippen LogP contribution in [0, 0.1) is 5.41 Å². The number of nitrogens with zero attached hydrogens (tertiary/aromatic N) is 1. The molecule has 0 radical (unpaired) electrons. The number of carbonyl (C=O) groups excluding carboxylic acids is 3. The SMILES string of the molecule is CC.CN(CC(=O)[OH2+])C(=N)N.O=C1CC[C@@H](C(=O)[O-])N1. The topological polar surface area (TPSA) is 162 Å². The number of hydrogen-bond acceptors (Lipinski definition) is 5. The number of aliphatic carboxylic acids is 1. The van der Waals surface area contributed by atoms with Crippen molar-refractivity contribution in [2.24, 2.45) is 5.73 Å². The molecule has 0 spiro atoms. The molecule has 1 rings (SSSR count). The third kappa shape index (κ3) is 9.68. The van der Waals surface area contributed by atoms with Crippen LogP contribution >= 0.6 is 0 Å². The number of nitrogens with one attached hydrogen (secondary N) is 2. The number of carboxylic acid groups (broad SMARTS) is 1. The number of carboxylic acids is 1. The average molecular weight is 290 g/mol. The van der Waals surface area contributed by atoms with Crippen LogP contribution in [-0.4, -0.2) is 53.4 Å². The predicted molar refractivity (Wildman–Crippen MR) is 70.7 cm³/mol. The van der Waals surface area contributed by atoms with Gasteiger partial charge < -0.3 is 31.0 Å². The number of rotatable bonds is 3. The van der Waals surface area contributed by atoms with Gasteiger partial charge in [-0.2, -0.15) is 0 Å². The molecule has 0 saturated carbocycles. The van der Waals surface area contributed by atoms with Crippen molar-refractivity contribution >= 4 is 23.8 Å². The van der Waals surface area contributed by atoms with Crippen LogP contribution in [0.1, 0.15) is 26.7 Å². The number of likely N-dealkylation sites (N-methyl/N-ethyl adjacent to an activating group) is 1. The Kier molecular flexibility index (Phi) is 10.6. The van der Waals surface area contributed by atoms with Crippen LogP contribution in [0.2, 0.25) is 0 Å². The monoisotopic (exact) mass is 290 g/mol. The molecule has 1 aliphatic rings. The van der Waals surface area contributed by atoms with Gasteiger partial charge in [-0.25, -0.2) is 0 Å². The Bertz CT molecular complexity index is 357. The van der Waals surface area contributed by atoms with E-state index in [2.05, 4.69) is 5.32 Å². The van der Waals surface area contributed by atoms with Gasteiger partial charge in [-0.05, 0) is 6.42 Å². The zero-order chi connectivity index (χ0) is 16.3. The highest BCUT2D eigenvalue weighted by atomic mass is 16.4. The first-order valence-electron chi connectivity index (χ1n) is 6.03. The lowest BCUT2D eigenvalue weighted by atomic mass is 10.2. The third-order valence-electron chi connectivity index (χ3n) is 2.07. The van der Waals surface area contributed by atoms with E-state index in [0.29, 0.717) is 12.8 Å². The minimum absolute atomic E-state index is 0.116. The Labute approximate surface area is 117 Å². The lowest BCUT2D eigenvalue weighted by molar-refractivity contribution is -0.308. The van der Waals surface area contributed by atoms with E-state index in [0.717, 1.165) is 0 Å². The van der Waals surface area contributed by atoms with Crippen molar-refractivity contribution in [2.45, 2.75) is 32.7 Å². The van der Waals surface area contributed by atoms with Crippen LogP contribution in [0.3, 0.4) is 0 Å². The summed E-state index contributed by atoms with van der Waals surface area (Å²) >= 11 is 0. The minimum atomic E-state index is -1.19. The second kappa shape index (κ2) is 10.6. The van der Waals surface area contributed by atoms with E-state index in [1.54, 1.807) is 0 Å². The van der Waals surface area contributed by atoms with Crippen LogP contribution in [0.25, 0.3) is 0 Å². The standard InChI is InChI=1S/C5H7NO3.C4H9N3O2.C2H6/c7-4-2-1-3(6-4)5(8)9;1-7(4(5)6)2-3(8)9;1-2/h3H,1-2H2,(H,6,7)(H,8,9);2H2,1H3,(H3,5,6)(H,8,9);1-2H3/t3-;;/m0../s1. The van der Waals surface area contributed by atoms with Gasteiger partial charge in [0.25, 0.3) is 0 Å². The number of hydrogen-bond donors (Lipinski definition) is 3. The molecular weight excluding hydrogens is 268 g/mol. The molecule has 1 atom stereocenters. The number of carbonyl (C=O) groups is 3. The Hall–Kier alpha value is -2.32. The van der Waals surface area contributed by atoms with Gasteiger partial charge >= 0.3 is 5.97 Å². The summed E-state index contributed by atoms with van der Waals surface area (Å²) in [6.45, 7) is 3.88. The first-order valence-corrected chi connectivity index (χ1v) is 6.03. The van der Waals surface area contributed by atoms with Crippen molar-refractivity contribution in [2.75, 3.05) is 13.6 Å². The van der Waals surface area contributed by atoms with Crippen molar-refractivity contribution in [3.05, 3.63) is 0 Å². The number of guanidine groups is 1. The van der Waals surface area contributed by atoms with Crippen molar-refractivity contribution < 1.29 is 24.6 Å². The lowest BCUT2D eigenvalue weighted by Crippen LogP contribution is -2.42. The van der Waals surface area contributed by atoms with Crippen LogP contribution in [0.4, 0.5) is 0 Å². The fraction of sp³-hybridized carbons (Fsp3) is 0.636. The predicted octanol–water partition coefficient (Wildman–Crippen LogP) is -2.90. The molecule has 1 saturated heterocycles. The number of amides is 1. The van der Waals surface area contributed by atoms with E-state index in [1.165, 1.54) is 11.9 Å². The van der Waals surface area contributed by atoms with Gasteiger partial charge in [-0.1, -0.05) is 13.8 Å². The second-order valence-electron chi connectivity index (χ2n) is 3.64. The molecule has 1 heterocycles. The Morgan fingerprint density at radius 2 is 2.05 bits per heavy atom. The molecule has 1 fully saturated rings. The van der Waals surface area contributed by atoms with E-state index in [9.17, 15) is 19.5 Å². The molecule has 0 aromatic rings. The molecule has 0 aromatic carbocycles. The highest BCUT2D eigenvalue weighted by molar-refractivity contribution is 5.86. The van der Waals surface area contributed by atoms with E-state index < -0.39 is 18.0 Å². The molecule has 0 bridgehead atoms. The van der Waals surface area contributed by atoms with Gasteiger partial charge in [0.15, 0.2) is 12.5 Å². The van der Waals surface area contributed by atoms with Crippen LogP contribution in [0.15, 0.2) is 0 Å². The fourth-order valence-corrected chi connectivity index (χ4v) is 1.09. The first kappa shape index (κ1) is 20.0. The van der Waals surface area contributed by atoms with E-state index >= 15 is 0 Å². The molecule has 1 amide bonds. The van der Waals surface area contributed by atoms with Crippen LogP contribution in [0.5, 0.6) is 0 Å². The van der Waals surface area contributed by atoms with Crippen molar-refractivity contribution in [1.82, 2.24) is 10.2 Å². The molecule has 9 heteroatoms. The zero-order valence-corrected chi connectivity index (χ0v) is 11.9. The summed E-state index contributed by atoms with van der Waals surface area (Å²) in [7, 11) is 1.48. The van der Waals surface area contributed by atoms with Crippen LogP contribution in [-0.2, 0) is 14.4 Å². The van der Waals surface area contributed by atoms with Gasteiger partial charge in [-0.3, -0.25) is 10.2 Å². The lowest BCUT2D eigenvalue weighted by Gasteiger charge is -2.09. The normalized spacial score (nSPS) is 15.8. The quantitative estimate of drug-likeness (QED) is 0.287. The van der Waals surface area contributed by atoms with Gasteiger partial charge in [-0.15, -0.1) is 0 Å². The second-order valence-corrected chi connectivity index (χ2v) is 3.64. The molecular formula is C11H22N4O5. The third-order valence-corrected chi connectivity index (χ3v) is 2.07. The molecule has 6 N–H and O–H groups in total. The van der Waals surface area contributed by atoms with Gasteiger partial charge in [0.05, 0.1) is 12.0 Å². The van der Waals surface area contributed by atoms with Crippen molar-refractivity contribution in [3.63, 3.8) is 0 Å². The first-order chi connectivity index (χ1) is 9.23. The summed E-state index contributed by atoms with van der Waals surface area (Å²) in [5.41, 5.74) is 4.96. The van der Waals surface area contributed by atoms with Gasteiger partial charge in [0, 0.05) is 18.3 Å². The van der Waals surface area contributed by atoms with E-state index in [1.807, 2.05) is 13.8 Å². The summed E-state index contributed by atoms with van der Waals surface area (Å²) < 4.78 is 0. The minimum Gasteiger partial charge on any atom is -0.563 e. The van der Waals surface area contributed by atoms with Gasteiger partial charge in [0.2, 0.25) is 5.91 Å². The summed E-state index contributed by atoms with van der Waals surface area (Å²) in [5, 5.41) is 25.5. The molecule has 0 aromatic heterocycles. The van der Waals surface area contributed by atoms with Crippen LogP contribution < -0.4 is 16.2 Å². The smallest absolute Gasteiger partial charge is 0.535 e. The molecule has 116 valence electrons. The summed E-state index contributed by atoms with van der Waals surface area (Å²) in [6.07, 6.45) is 0.666. The number of nitrogens with two attached hydrogens (primary N) is 1. The molecule has 20 heavy (non-hydrogen) atoms. The largest absolute Gasteiger partial charge is 0.563 e. The van der Waals surface area contributed by atoms with E-state index in [-0.39, 0.29) is 18.4 Å². The highest BCUT2D eigenvalue weighted by Crippen LogP contribution is 2.04. The molecule has 0 aliphatic carbocycles. The Morgan fingerprint density at radius 1 is 1.55 bits per heavy atom. The molecule has 1 aliphatic heterocycles. The highest BCUT2D eigenvalue weighted by Gasteiger charge is 2.20. The van der Waals surface area contributed by atoms with Crippen molar-refractivity contribution in [1.29, 1.82) is 5.41 Å². The Morgan fingerprint density at radius 3 is 2.20 bits per heavy atom. The summed E-state index contributed by atoms with van der Waals surface area (Å²) in [6, 6.07) is -0.752. The summed E-state index contributed by atoms with van der Waals surface area (Å²) in [5.74, 6) is -2.34.